The van der Waals surface area contributed by atoms with Crippen LogP contribution in [0.3, 0.4) is 0 Å². The summed E-state index contributed by atoms with van der Waals surface area (Å²) in [4.78, 5) is 23.2. The molecule has 0 bridgehead atoms. The third kappa shape index (κ3) is 3.26. The maximum absolute atomic E-state index is 12.6. The van der Waals surface area contributed by atoms with Gasteiger partial charge in [-0.15, -0.1) is 0 Å². The molecule has 0 aliphatic carbocycles. The maximum Gasteiger partial charge on any atom is 0.279 e. The van der Waals surface area contributed by atoms with Crippen molar-refractivity contribution in [3.63, 3.8) is 0 Å². The molecule has 1 aromatic heterocycles. The fraction of sp³-hybridized carbons (Fsp3) is 0.0385. The number of benzene rings is 3. The Hall–Kier alpha value is -4.25. The Morgan fingerprint density at radius 3 is 1.74 bits per heavy atom. The van der Waals surface area contributed by atoms with Crippen molar-refractivity contribution < 1.29 is 9.63 Å². The third-order valence-corrected chi connectivity index (χ3v) is 5.32. The zero-order valence-corrected chi connectivity index (χ0v) is 16.6. The van der Waals surface area contributed by atoms with Gasteiger partial charge < -0.3 is 10.2 Å². The molecule has 2 heterocycles. The first-order valence-corrected chi connectivity index (χ1v) is 9.98. The van der Waals surface area contributed by atoms with E-state index in [2.05, 4.69) is 15.5 Å². The Balaban J connectivity index is 1.72. The molecular formula is C26H19N3O2. The predicted molar refractivity (Wildman–Crippen MR) is 120 cm³/mol. The van der Waals surface area contributed by atoms with E-state index in [1.54, 1.807) is 18.3 Å². The molecule has 4 aromatic rings. The lowest BCUT2D eigenvalue weighted by atomic mass is 9.80. The van der Waals surface area contributed by atoms with E-state index in [1.165, 1.54) is 0 Å². The van der Waals surface area contributed by atoms with Crippen LogP contribution in [0.4, 0.5) is 5.82 Å². The first-order valence-electron chi connectivity index (χ1n) is 9.98. The summed E-state index contributed by atoms with van der Waals surface area (Å²) in [6.07, 6.45) is 1.63. The number of oxime groups is 1. The second-order valence-electron chi connectivity index (χ2n) is 7.16. The molecule has 3 aromatic carbocycles. The van der Waals surface area contributed by atoms with Crippen LogP contribution in [0, 0.1) is 0 Å². The van der Waals surface area contributed by atoms with E-state index in [-0.39, 0.29) is 11.6 Å². The van der Waals surface area contributed by atoms with Crippen LogP contribution >= 0.6 is 0 Å². The third-order valence-electron chi connectivity index (χ3n) is 5.32. The first kappa shape index (κ1) is 18.8. The maximum atomic E-state index is 12.6. The molecule has 1 N–H and O–H groups in total. The van der Waals surface area contributed by atoms with Crippen molar-refractivity contribution in [3.8, 4) is 0 Å². The molecule has 0 radical (unpaired) electrons. The van der Waals surface area contributed by atoms with Gasteiger partial charge in [-0.1, -0.05) is 96.2 Å². The van der Waals surface area contributed by atoms with Gasteiger partial charge >= 0.3 is 0 Å². The molecule has 0 saturated carbocycles. The van der Waals surface area contributed by atoms with E-state index in [0.717, 1.165) is 16.7 Å². The summed E-state index contributed by atoms with van der Waals surface area (Å²) in [6.45, 7) is 0. The van der Waals surface area contributed by atoms with Crippen molar-refractivity contribution in [3.05, 3.63) is 132 Å². The molecule has 31 heavy (non-hydrogen) atoms. The number of hydrogen-bond acceptors (Lipinski definition) is 4. The first-order chi connectivity index (χ1) is 15.3. The summed E-state index contributed by atoms with van der Waals surface area (Å²) in [6, 6.07) is 33.3. The minimum Gasteiger partial charge on any atom is -0.374 e. The van der Waals surface area contributed by atoms with E-state index in [0.29, 0.717) is 11.4 Å². The second kappa shape index (κ2) is 7.88. The van der Waals surface area contributed by atoms with Crippen LogP contribution in [0.15, 0.2) is 114 Å². The van der Waals surface area contributed by atoms with Gasteiger partial charge in [-0.25, -0.2) is 4.98 Å². The second-order valence-corrected chi connectivity index (χ2v) is 7.16. The Kier molecular flexibility index (Phi) is 4.77. The lowest BCUT2D eigenvalue weighted by molar-refractivity contribution is -0.110. The van der Waals surface area contributed by atoms with Gasteiger partial charge in [0.05, 0.1) is 5.56 Å². The Labute approximate surface area is 180 Å². The molecule has 0 unspecified atom stereocenters. The molecule has 0 atom stereocenters. The molecular weight excluding hydrogens is 386 g/mol. The van der Waals surface area contributed by atoms with E-state index < -0.39 is 5.60 Å². The smallest absolute Gasteiger partial charge is 0.279 e. The van der Waals surface area contributed by atoms with Crippen LogP contribution in [0.2, 0.25) is 0 Å². The number of aromatic nitrogens is 1. The molecule has 5 rings (SSSR count). The van der Waals surface area contributed by atoms with Gasteiger partial charge in [0, 0.05) is 22.9 Å². The van der Waals surface area contributed by atoms with Crippen LogP contribution < -0.4 is 5.32 Å². The summed E-state index contributed by atoms with van der Waals surface area (Å²) in [7, 11) is 0. The van der Waals surface area contributed by atoms with Gasteiger partial charge in [0.2, 0.25) is 5.60 Å². The number of nitrogens with one attached hydrogen (secondary N) is 1. The molecule has 0 saturated heterocycles. The van der Waals surface area contributed by atoms with Gasteiger partial charge in [-0.2, -0.15) is 0 Å². The summed E-state index contributed by atoms with van der Waals surface area (Å²) < 4.78 is 0. The molecule has 0 fully saturated rings. The molecule has 5 nitrogen and oxygen atoms in total. The average molecular weight is 405 g/mol. The molecule has 150 valence electrons. The average Bonchev–Trinajstić information content (AvgIpc) is 3.16. The normalized spacial score (nSPS) is 14.2. The van der Waals surface area contributed by atoms with Gasteiger partial charge in [-0.05, 0) is 12.1 Å². The van der Waals surface area contributed by atoms with Crippen LogP contribution in [0.1, 0.15) is 22.3 Å². The van der Waals surface area contributed by atoms with E-state index in [1.807, 2.05) is 91.0 Å². The predicted octanol–water partition coefficient (Wildman–Crippen LogP) is 4.75. The van der Waals surface area contributed by atoms with Crippen molar-refractivity contribution in [2.75, 3.05) is 5.32 Å². The van der Waals surface area contributed by atoms with Crippen LogP contribution in [-0.4, -0.2) is 16.6 Å². The number of amides is 1. The Bertz CT molecular complexity index is 1140. The number of fused-ring (bicyclic) bond motifs is 1. The number of rotatable bonds is 5. The monoisotopic (exact) mass is 405 g/mol. The highest BCUT2D eigenvalue weighted by Crippen LogP contribution is 2.41. The topological polar surface area (TPSA) is 63.6 Å². The number of hydrogen-bond donors (Lipinski definition) is 1. The fourth-order valence-electron chi connectivity index (χ4n) is 3.87. The number of pyridine rings is 1. The van der Waals surface area contributed by atoms with Crippen molar-refractivity contribution in [1.82, 2.24) is 4.98 Å². The van der Waals surface area contributed by atoms with Crippen molar-refractivity contribution in [2.24, 2.45) is 5.16 Å². The lowest BCUT2D eigenvalue weighted by Gasteiger charge is -2.33. The molecule has 1 aliphatic rings. The number of carbonyl (C=O) groups is 1. The SMILES string of the molecule is O=C1Nc2ncccc2C1=NOC(c1ccccc1)(c1ccccc1)c1ccccc1. The highest BCUT2D eigenvalue weighted by Gasteiger charge is 2.40. The Morgan fingerprint density at radius 2 is 1.23 bits per heavy atom. The highest BCUT2D eigenvalue weighted by molar-refractivity contribution is 6.53. The van der Waals surface area contributed by atoms with E-state index >= 15 is 0 Å². The van der Waals surface area contributed by atoms with Gasteiger partial charge in [0.1, 0.15) is 5.82 Å². The lowest BCUT2D eigenvalue weighted by Crippen LogP contribution is -2.32. The van der Waals surface area contributed by atoms with Gasteiger partial charge in [0.25, 0.3) is 5.91 Å². The highest BCUT2D eigenvalue weighted by atomic mass is 16.7. The summed E-state index contributed by atoms with van der Waals surface area (Å²) in [5, 5.41) is 7.15. The molecule has 0 spiro atoms. The van der Waals surface area contributed by atoms with Gasteiger partial charge in [0.15, 0.2) is 5.71 Å². The molecule has 1 amide bonds. The summed E-state index contributed by atoms with van der Waals surface area (Å²) in [5.74, 6) is 0.149. The zero-order chi connectivity index (χ0) is 21.1. The Morgan fingerprint density at radius 1 is 0.710 bits per heavy atom. The minimum atomic E-state index is -1.04. The number of nitrogens with zero attached hydrogens (tertiary/aromatic N) is 2. The van der Waals surface area contributed by atoms with Crippen molar-refractivity contribution >= 4 is 17.4 Å². The zero-order valence-electron chi connectivity index (χ0n) is 16.6. The largest absolute Gasteiger partial charge is 0.374 e. The summed E-state index contributed by atoms with van der Waals surface area (Å²) >= 11 is 0. The number of anilines is 1. The summed E-state index contributed by atoms with van der Waals surface area (Å²) in [5.41, 5.74) is 2.50. The standard InChI is InChI=1S/C26H19N3O2/c30-25-23(22-17-10-18-27-24(22)28-25)29-31-26(19-11-4-1-5-12-19,20-13-6-2-7-14-20)21-15-8-3-9-16-21/h1-18H,(H,27,28,29,30). The minimum absolute atomic E-state index is 0.204. The van der Waals surface area contributed by atoms with Crippen LogP contribution in [0.5, 0.6) is 0 Å². The van der Waals surface area contributed by atoms with Crippen molar-refractivity contribution in [1.29, 1.82) is 0 Å². The molecule has 1 aliphatic heterocycles. The van der Waals surface area contributed by atoms with Crippen molar-refractivity contribution in [2.45, 2.75) is 5.60 Å². The van der Waals surface area contributed by atoms with Gasteiger partial charge in [-0.3, -0.25) is 4.79 Å². The molecule has 5 heteroatoms. The van der Waals surface area contributed by atoms with Crippen LogP contribution in [0.25, 0.3) is 0 Å². The number of carbonyl (C=O) groups excluding carboxylic acids is 1. The van der Waals surface area contributed by atoms with E-state index in [4.69, 9.17) is 4.84 Å². The quantitative estimate of drug-likeness (QED) is 0.385. The van der Waals surface area contributed by atoms with E-state index in [9.17, 15) is 4.79 Å². The fourth-order valence-corrected chi connectivity index (χ4v) is 3.87. The van der Waals surface area contributed by atoms with Crippen LogP contribution in [-0.2, 0) is 15.2 Å².